The lowest BCUT2D eigenvalue weighted by atomic mass is 9.65. The zero-order valence-corrected chi connectivity index (χ0v) is 12.6. The van der Waals surface area contributed by atoms with Crippen molar-refractivity contribution in [3.63, 3.8) is 0 Å². The number of hydrogen-bond acceptors (Lipinski definition) is 3. The van der Waals surface area contributed by atoms with Gasteiger partial charge in [-0.25, -0.2) is 0 Å². The molecule has 0 atom stereocenters. The molecule has 0 aromatic rings. The second-order valence-electron chi connectivity index (χ2n) is 6.17. The monoisotopic (exact) mass is 255 g/mol. The number of esters is 1. The second kappa shape index (κ2) is 6.05. The molecule has 1 saturated carbocycles. The number of hydrogen-bond donors (Lipinski definition) is 1. The van der Waals surface area contributed by atoms with Gasteiger partial charge in [-0.1, -0.05) is 27.2 Å². The molecule has 1 N–H and O–H groups in total. The molecule has 0 aromatic heterocycles. The second-order valence-corrected chi connectivity index (χ2v) is 6.17. The van der Waals surface area contributed by atoms with Crippen LogP contribution in [0.25, 0.3) is 0 Å². The van der Waals surface area contributed by atoms with E-state index in [0.717, 1.165) is 31.6 Å². The van der Waals surface area contributed by atoms with Gasteiger partial charge in [0.1, 0.15) is 5.54 Å². The number of ether oxygens (including phenoxy) is 1. The fourth-order valence-corrected chi connectivity index (χ4v) is 3.01. The van der Waals surface area contributed by atoms with Gasteiger partial charge < -0.3 is 10.1 Å². The third kappa shape index (κ3) is 3.05. The molecule has 0 unspecified atom stereocenters. The van der Waals surface area contributed by atoms with E-state index in [0.29, 0.717) is 12.0 Å². The summed E-state index contributed by atoms with van der Waals surface area (Å²) >= 11 is 0. The van der Waals surface area contributed by atoms with Gasteiger partial charge in [-0.15, -0.1) is 0 Å². The molecule has 0 bridgehead atoms. The smallest absolute Gasteiger partial charge is 0.326 e. The van der Waals surface area contributed by atoms with Crippen LogP contribution in [0.2, 0.25) is 0 Å². The fraction of sp³-hybridized carbons (Fsp3) is 0.933. The Labute approximate surface area is 112 Å². The van der Waals surface area contributed by atoms with E-state index >= 15 is 0 Å². The van der Waals surface area contributed by atoms with Crippen LogP contribution in [0.3, 0.4) is 0 Å². The first kappa shape index (κ1) is 15.5. The minimum Gasteiger partial charge on any atom is -0.465 e. The lowest BCUT2D eigenvalue weighted by molar-refractivity contribution is -0.153. The first-order valence-electron chi connectivity index (χ1n) is 7.28. The standard InChI is InChI=1S/C15H29NO2/c1-6-14(3,4)12-8-10-15(16-5,11-9-12)13(17)18-7-2/h12,16H,6-11H2,1-5H3. The van der Waals surface area contributed by atoms with Crippen molar-refractivity contribution in [2.75, 3.05) is 13.7 Å². The number of rotatable bonds is 5. The molecule has 0 heterocycles. The number of carbonyl (C=O) groups excluding carboxylic acids is 1. The molecule has 0 spiro atoms. The van der Waals surface area contributed by atoms with Gasteiger partial charge in [0.25, 0.3) is 0 Å². The average molecular weight is 255 g/mol. The minimum atomic E-state index is -0.434. The summed E-state index contributed by atoms with van der Waals surface area (Å²) in [7, 11) is 1.88. The third-order valence-electron chi connectivity index (χ3n) is 5.00. The average Bonchev–Trinajstić information content (AvgIpc) is 2.39. The van der Waals surface area contributed by atoms with Crippen molar-refractivity contribution in [2.24, 2.45) is 11.3 Å². The minimum absolute atomic E-state index is 0.0692. The zero-order valence-electron chi connectivity index (χ0n) is 12.6. The Morgan fingerprint density at radius 2 is 1.89 bits per heavy atom. The van der Waals surface area contributed by atoms with E-state index in [2.05, 4.69) is 26.1 Å². The summed E-state index contributed by atoms with van der Waals surface area (Å²) in [5.74, 6) is 0.652. The fourth-order valence-electron chi connectivity index (χ4n) is 3.01. The van der Waals surface area contributed by atoms with Crippen molar-refractivity contribution in [3.8, 4) is 0 Å². The molecular weight excluding hydrogens is 226 g/mol. The normalized spacial score (nSPS) is 29.1. The Hall–Kier alpha value is -0.570. The van der Waals surface area contributed by atoms with E-state index in [9.17, 15) is 4.79 Å². The Bertz CT molecular complexity index is 278. The Morgan fingerprint density at radius 1 is 1.33 bits per heavy atom. The molecule has 0 saturated heterocycles. The van der Waals surface area contributed by atoms with E-state index < -0.39 is 5.54 Å². The highest BCUT2D eigenvalue weighted by atomic mass is 16.5. The summed E-state index contributed by atoms with van der Waals surface area (Å²) in [6, 6.07) is 0. The van der Waals surface area contributed by atoms with Crippen molar-refractivity contribution in [1.82, 2.24) is 5.32 Å². The highest BCUT2D eigenvalue weighted by molar-refractivity contribution is 5.81. The molecule has 1 fully saturated rings. The molecule has 3 nitrogen and oxygen atoms in total. The van der Waals surface area contributed by atoms with Crippen LogP contribution in [0.1, 0.15) is 59.8 Å². The quantitative estimate of drug-likeness (QED) is 0.767. The number of likely N-dealkylation sites (N-methyl/N-ethyl adjacent to an activating group) is 1. The van der Waals surface area contributed by atoms with Crippen molar-refractivity contribution in [2.45, 2.75) is 65.3 Å². The number of nitrogens with one attached hydrogen (secondary N) is 1. The van der Waals surface area contributed by atoms with Gasteiger partial charge in [-0.3, -0.25) is 4.79 Å². The van der Waals surface area contributed by atoms with Crippen molar-refractivity contribution < 1.29 is 9.53 Å². The van der Waals surface area contributed by atoms with Gasteiger partial charge in [-0.2, -0.15) is 0 Å². The summed E-state index contributed by atoms with van der Waals surface area (Å²) in [6.45, 7) is 9.27. The molecule has 0 radical (unpaired) electrons. The van der Waals surface area contributed by atoms with Gasteiger partial charge >= 0.3 is 5.97 Å². The molecule has 3 heteroatoms. The van der Waals surface area contributed by atoms with Crippen LogP contribution in [0, 0.1) is 11.3 Å². The van der Waals surface area contributed by atoms with Crippen LogP contribution < -0.4 is 5.32 Å². The maximum absolute atomic E-state index is 12.1. The topological polar surface area (TPSA) is 38.3 Å². The van der Waals surface area contributed by atoms with E-state index in [1.807, 2.05) is 14.0 Å². The molecular formula is C15H29NO2. The van der Waals surface area contributed by atoms with Crippen LogP contribution in [-0.4, -0.2) is 25.2 Å². The number of carbonyl (C=O) groups is 1. The van der Waals surface area contributed by atoms with Crippen LogP contribution in [0.4, 0.5) is 0 Å². The maximum Gasteiger partial charge on any atom is 0.326 e. The third-order valence-corrected chi connectivity index (χ3v) is 5.00. The predicted molar refractivity (Wildman–Crippen MR) is 74.5 cm³/mol. The molecule has 0 aliphatic heterocycles. The highest BCUT2D eigenvalue weighted by Gasteiger charge is 2.44. The summed E-state index contributed by atoms with van der Waals surface area (Å²) in [5, 5.41) is 3.22. The van der Waals surface area contributed by atoms with E-state index in [4.69, 9.17) is 4.74 Å². The van der Waals surface area contributed by atoms with Gasteiger partial charge in [0.2, 0.25) is 0 Å². The highest BCUT2D eigenvalue weighted by Crippen LogP contribution is 2.43. The molecule has 0 amide bonds. The lowest BCUT2D eigenvalue weighted by Gasteiger charge is -2.43. The van der Waals surface area contributed by atoms with Gasteiger partial charge in [0.05, 0.1) is 6.61 Å². The van der Waals surface area contributed by atoms with Crippen molar-refractivity contribution in [1.29, 1.82) is 0 Å². The summed E-state index contributed by atoms with van der Waals surface area (Å²) < 4.78 is 5.22. The largest absolute Gasteiger partial charge is 0.465 e. The molecule has 106 valence electrons. The van der Waals surface area contributed by atoms with Crippen LogP contribution in [0.5, 0.6) is 0 Å². The van der Waals surface area contributed by atoms with Gasteiger partial charge in [0.15, 0.2) is 0 Å². The van der Waals surface area contributed by atoms with Crippen LogP contribution >= 0.6 is 0 Å². The van der Waals surface area contributed by atoms with E-state index in [1.165, 1.54) is 6.42 Å². The van der Waals surface area contributed by atoms with E-state index in [1.54, 1.807) is 0 Å². The van der Waals surface area contributed by atoms with Crippen molar-refractivity contribution in [3.05, 3.63) is 0 Å². The lowest BCUT2D eigenvalue weighted by Crippen LogP contribution is -2.54. The van der Waals surface area contributed by atoms with E-state index in [-0.39, 0.29) is 5.97 Å². The van der Waals surface area contributed by atoms with Crippen LogP contribution in [-0.2, 0) is 9.53 Å². The first-order valence-corrected chi connectivity index (χ1v) is 7.28. The first-order chi connectivity index (χ1) is 8.41. The summed E-state index contributed by atoms with van der Waals surface area (Å²) in [6.07, 6.45) is 5.22. The SMILES string of the molecule is CCOC(=O)C1(NC)CCC(C(C)(C)CC)CC1. The van der Waals surface area contributed by atoms with Crippen molar-refractivity contribution >= 4 is 5.97 Å². The zero-order chi connectivity index (χ0) is 13.8. The molecule has 1 aliphatic carbocycles. The predicted octanol–water partition coefficient (Wildman–Crippen LogP) is 3.13. The summed E-state index contributed by atoms with van der Waals surface area (Å²) in [5.41, 5.74) is -0.0507. The Balaban J connectivity index is 2.68. The molecule has 18 heavy (non-hydrogen) atoms. The Morgan fingerprint density at radius 3 is 2.28 bits per heavy atom. The van der Waals surface area contributed by atoms with Gasteiger partial charge in [0, 0.05) is 0 Å². The Kier molecular flexibility index (Phi) is 5.20. The molecule has 0 aromatic carbocycles. The molecule has 1 aliphatic rings. The maximum atomic E-state index is 12.1. The van der Waals surface area contributed by atoms with Gasteiger partial charge in [-0.05, 0) is 51.0 Å². The molecule has 1 rings (SSSR count). The summed E-state index contributed by atoms with van der Waals surface area (Å²) in [4.78, 5) is 12.1. The van der Waals surface area contributed by atoms with Crippen LogP contribution in [0.15, 0.2) is 0 Å².